The minimum Gasteiger partial charge on any atom is -0.381 e. The minimum atomic E-state index is -5.55. The summed E-state index contributed by atoms with van der Waals surface area (Å²) in [6.45, 7) is 13.7. The number of fused-ring (bicyclic) bond motifs is 2. The van der Waals surface area contributed by atoms with Crippen LogP contribution in [0.5, 0.6) is 0 Å². The van der Waals surface area contributed by atoms with E-state index in [1.807, 2.05) is 6.07 Å². The smallest absolute Gasteiger partial charge is 0.381 e. The summed E-state index contributed by atoms with van der Waals surface area (Å²) in [6.07, 6.45) is 4.49. The molecule has 0 amide bonds. The van der Waals surface area contributed by atoms with Gasteiger partial charge in [-0.1, -0.05) is 40.2 Å². The van der Waals surface area contributed by atoms with Crippen molar-refractivity contribution < 1.29 is 34.6 Å². The van der Waals surface area contributed by atoms with Crippen molar-refractivity contribution in [2.24, 2.45) is 23.7 Å². The van der Waals surface area contributed by atoms with Crippen LogP contribution in [-0.2, 0) is 14.3 Å². The van der Waals surface area contributed by atoms with Gasteiger partial charge in [-0.2, -0.15) is 21.6 Å². The van der Waals surface area contributed by atoms with E-state index in [-0.39, 0.29) is 47.7 Å². The zero-order valence-corrected chi connectivity index (χ0v) is 22.3. The minimum absolute atomic E-state index is 0.0732. The molecule has 0 aromatic heterocycles. The fourth-order valence-electron chi connectivity index (χ4n) is 4.77. The lowest BCUT2D eigenvalue weighted by Crippen LogP contribution is -2.25. The van der Waals surface area contributed by atoms with Crippen molar-refractivity contribution in [3.63, 3.8) is 0 Å². The molecule has 2 fully saturated rings. The monoisotopic (exact) mass is 626 g/mol. The summed E-state index contributed by atoms with van der Waals surface area (Å²) in [5.74, 6) is 0.149. The Morgan fingerprint density at radius 2 is 1.44 bits per heavy atom. The number of alkyl halides is 3. The second-order valence-corrected chi connectivity index (χ2v) is 11.8. The molecule has 6 atom stereocenters. The van der Waals surface area contributed by atoms with Crippen LogP contribution in [-0.4, -0.2) is 26.0 Å². The molecule has 0 spiro atoms. The van der Waals surface area contributed by atoms with Crippen LogP contribution in [0.4, 0.5) is 22.0 Å². The second kappa shape index (κ2) is 11.1. The van der Waals surface area contributed by atoms with Gasteiger partial charge in [0.25, 0.3) is 0 Å². The first-order valence-corrected chi connectivity index (χ1v) is 13.9. The van der Waals surface area contributed by atoms with Crippen molar-refractivity contribution in [1.29, 1.82) is 0 Å². The molecule has 2 aromatic carbocycles. The van der Waals surface area contributed by atoms with E-state index in [1.54, 1.807) is 24.3 Å². The number of hydrogen-bond acceptors (Lipinski definition) is 3. The molecule has 4 aliphatic rings. The summed E-state index contributed by atoms with van der Waals surface area (Å²) < 4.78 is 87.0. The highest BCUT2D eigenvalue weighted by Gasteiger charge is 2.61. The lowest BCUT2D eigenvalue weighted by molar-refractivity contribution is -0.0523. The molecule has 0 N–H and O–H groups in total. The molecule has 0 bridgehead atoms. The van der Waals surface area contributed by atoms with E-state index in [1.165, 1.54) is 29.8 Å². The first kappa shape index (κ1) is 28.8. The summed E-state index contributed by atoms with van der Waals surface area (Å²) >= 11 is 3.12. The Bertz CT molecular complexity index is 1490. The third-order valence-electron chi connectivity index (χ3n) is 6.82. The van der Waals surface area contributed by atoms with Gasteiger partial charge in [0.05, 0.1) is 23.7 Å². The molecule has 12 heteroatoms. The van der Waals surface area contributed by atoms with E-state index in [4.69, 9.17) is 13.1 Å². The molecule has 204 valence electrons. The van der Waals surface area contributed by atoms with Crippen LogP contribution in [0, 0.1) is 48.5 Å². The Hall–Kier alpha value is -3.22. The van der Waals surface area contributed by atoms with Gasteiger partial charge >= 0.3 is 15.6 Å². The highest BCUT2D eigenvalue weighted by molar-refractivity contribution is 9.10. The maximum atomic E-state index is 13.0. The van der Waals surface area contributed by atoms with E-state index in [2.05, 4.69) is 35.9 Å². The van der Waals surface area contributed by atoms with Crippen LogP contribution in [0.3, 0.4) is 0 Å². The number of benzene rings is 2. The van der Waals surface area contributed by atoms with E-state index in [0.717, 1.165) is 16.5 Å². The van der Waals surface area contributed by atoms with Crippen LogP contribution in [0.25, 0.3) is 15.3 Å². The Kier molecular flexibility index (Phi) is 8.20. The van der Waals surface area contributed by atoms with Crippen molar-refractivity contribution in [2.45, 2.75) is 30.4 Å². The van der Waals surface area contributed by atoms with Crippen molar-refractivity contribution >= 4 is 31.6 Å². The molecule has 0 saturated heterocycles. The number of nitrogens with zero attached hydrogens (tertiary/aromatic N) is 2. The molecule has 5 nitrogen and oxygen atoms in total. The van der Waals surface area contributed by atoms with Crippen LogP contribution in [0.1, 0.15) is 18.4 Å². The summed E-state index contributed by atoms with van der Waals surface area (Å²) in [5.41, 5.74) is -3.21. The van der Waals surface area contributed by atoms with Gasteiger partial charge in [0.15, 0.2) is 0 Å². The fourth-order valence-corrected chi connectivity index (χ4v) is 5.64. The maximum absolute atomic E-state index is 13.0. The fraction of sp³-hybridized carbons (Fsp3) is 0.333. The maximum Gasteiger partial charge on any atom is 0.534 e. The number of hydrogen-bond donors (Lipinski definition) is 0. The van der Waals surface area contributed by atoms with Crippen LogP contribution in [0.2, 0.25) is 0 Å². The van der Waals surface area contributed by atoms with Crippen molar-refractivity contribution in [1.82, 2.24) is 0 Å². The summed E-state index contributed by atoms with van der Waals surface area (Å²) in [7, 11) is -5.55. The van der Waals surface area contributed by atoms with Crippen LogP contribution in [0.15, 0.2) is 70.9 Å². The highest BCUT2D eigenvalue weighted by atomic mass is 79.9. The van der Waals surface area contributed by atoms with Crippen molar-refractivity contribution in [3.05, 3.63) is 111 Å². The molecule has 0 aliphatic heterocycles. The van der Waals surface area contributed by atoms with Crippen molar-refractivity contribution in [2.75, 3.05) is 0 Å². The molecule has 2 saturated carbocycles. The lowest BCUT2D eigenvalue weighted by atomic mass is 10.0. The average molecular weight is 627 g/mol. The zero-order chi connectivity index (χ0) is 28.5. The van der Waals surface area contributed by atoms with Gasteiger partial charge in [-0.05, 0) is 54.0 Å². The molecule has 6 rings (SSSR count). The standard InChI is InChI=1S/C13H10FN.C8H6F3NO3S.C6H4BrF/c1-15-13-11-6-9(7-12(11)13)8-3-2-4-10(14)5-8;1-12-7-5-2-4(3-6(5)7)15-16(13,14)8(9,10)11;7-5-2-1-3-6(8)4-5/h2-6,11-13H,7H2;2,5-7H,3H2;1-4H/t11-,12+,13+;5-,6+,7+;/m00./s1. The van der Waals surface area contributed by atoms with E-state index in [9.17, 15) is 30.4 Å². The predicted molar refractivity (Wildman–Crippen MR) is 137 cm³/mol. The van der Waals surface area contributed by atoms with Gasteiger partial charge in [-0.3, -0.25) is 0 Å². The Labute approximate surface area is 230 Å². The summed E-state index contributed by atoms with van der Waals surface area (Å²) in [4.78, 5) is 6.80. The average Bonchev–Trinajstić information content (AvgIpc) is 3.55. The van der Waals surface area contributed by atoms with Gasteiger partial charge in [-0.15, -0.1) is 0 Å². The molecular formula is C27H20BrF5N2O3S. The molecule has 0 unspecified atom stereocenters. The van der Waals surface area contributed by atoms with Crippen molar-refractivity contribution in [3.8, 4) is 0 Å². The molecule has 0 heterocycles. The number of allylic oxidation sites excluding steroid dienone is 2. The van der Waals surface area contributed by atoms with Crippen LogP contribution < -0.4 is 0 Å². The highest BCUT2D eigenvalue weighted by Crippen LogP contribution is 2.55. The van der Waals surface area contributed by atoms with E-state index >= 15 is 0 Å². The second-order valence-electron chi connectivity index (χ2n) is 9.39. The summed E-state index contributed by atoms with van der Waals surface area (Å²) in [5, 5.41) is 0. The molecule has 0 radical (unpaired) electrons. The van der Waals surface area contributed by atoms with Gasteiger partial charge in [0.1, 0.15) is 17.4 Å². The Balaban J connectivity index is 0.000000143. The topological polar surface area (TPSA) is 52.1 Å². The van der Waals surface area contributed by atoms with Gasteiger partial charge in [-0.25, -0.2) is 21.9 Å². The molecule has 39 heavy (non-hydrogen) atoms. The zero-order valence-electron chi connectivity index (χ0n) is 19.9. The SMILES string of the molecule is Fc1cccc(Br)c1.[C-]#[N+][C@@H]1[C@H]2C=C(OS(=O)(=O)C(F)(F)F)C[C@H]21.[C-]#[N+][C@@H]1[C@H]2C=C(c3cccc(F)c3)C[C@H]21. The normalized spacial score (nSPS) is 27.5. The first-order chi connectivity index (χ1) is 18.3. The Morgan fingerprint density at radius 1 is 0.872 bits per heavy atom. The molecule has 4 aliphatic carbocycles. The first-order valence-electron chi connectivity index (χ1n) is 11.7. The third kappa shape index (κ3) is 6.68. The number of rotatable bonds is 3. The largest absolute Gasteiger partial charge is 0.534 e. The van der Waals surface area contributed by atoms with Gasteiger partial charge < -0.3 is 13.9 Å². The van der Waals surface area contributed by atoms with Gasteiger partial charge in [0.2, 0.25) is 12.1 Å². The molecule has 2 aromatic rings. The quantitative estimate of drug-likeness (QED) is 0.154. The van der Waals surface area contributed by atoms with E-state index < -0.39 is 15.6 Å². The predicted octanol–water partition coefficient (Wildman–Crippen LogP) is 7.41. The van der Waals surface area contributed by atoms with Crippen LogP contribution >= 0.6 is 15.9 Å². The molecular weight excluding hydrogens is 607 g/mol. The third-order valence-corrected chi connectivity index (χ3v) is 8.31. The Morgan fingerprint density at radius 3 is 1.85 bits per heavy atom. The van der Waals surface area contributed by atoms with Gasteiger partial charge in [0, 0.05) is 10.9 Å². The lowest BCUT2D eigenvalue weighted by Gasteiger charge is -2.10. The van der Waals surface area contributed by atoms with E-state index in [0.29, 0.717) is 11.8 Å². The number of halogens is 6. The summed E-state index contributed by atoms with van der Waals surface area (Å²) in [6, 6.07) is 13.0.